The molecule has 0 aliphatic carbocycles. The summed E-state index contributed by atoms with van der Waals surface area (Å²) in [6.45, 7) is 1.46. The Morgan fingerprint density at radius 2 is 2.06 bits per heavy atom. The van der Waals surface area contributed by atoms with Crippen molar-refractivity contribution in [2.45, 2.75) is 25.8 Å². The van der Waals surface area contributed by atoms with E-state index < -0.39 is 21.7 Å². The Morgan fingerprint density at radius 1 is 1.47 bits per heavy atom. The summed E-state index contributed by atoms with van der Waals surface area (Å²) in [5, 5.41) is 8.69. The second-order valence-corrected chi connectivity index (χ2v) is 6.73. The monoisotopic (exact) mass is 263 g/mol. The van der Waals surface area contributed by atoms with Gasteiger partial charge in [-0.2, -0.15) is 0 Å². The lowest BCUT2D eigenvalue weighted by Gasteiger charge is -2.24. The van der Waals surface area contributed by atoms with Crippen molar-refractivity contribution >= 4 is 21.7 Å². The van der Waals surface area contributed by atoms with Crippen molar-refractivity contribution in [3.63, 3.8) is 0 Å². The Balaban J connectivity index is 2.56. The van der Waals surface area contributed by atoms with E-state index in [1.54, 1.807) is 0 Å². The van der Waals surface area contributed by atoms with Crippen molar-refractivity contribution < 1.29 is 23.1 Å². The lowest BCUT2D eigenvalue weighted by molar-refractivity contribution is -0.145. The number of carbonyl (C=O) groups is 2. The van der Waals surface area contributed by atoms with Crippen molar-refractivity contribution in [2.24, 2.45) is 5.92 Å². The van der Waals surface area contributed by atoms with E-state index in [-0.39, 0.29) is 29.9 Å². The molecule has 0 bridgehead atoms. The van der Waals surface area contributed by atoms with E-state index in [4.69, 9.17) is 5.11 Å². The molecule has 2 unspecified atom stereocenters. The molecule has 0 saturated carbocycles. The molecule has 7 heteroatoms. The number of carbonyl (C=O) groups excluding carboxylic acids is 1. The quantitative estimate of drug-likeness (QED) is 0.754. The van der Waals surface area contributed by atoms with Crippen LogP contribution >= 0.6 is 0 Å². The molecule has 0 aromatic carbocycles. The van der Waals surface area contributed by atoms with Crippen molar-refractivity contribution in [3.05, 3.63) is 0 Å². The van der Waals surface area contributed by atoms with Gasteiger partial charge < -0.3 is 10.0 Å². The van der Waals surface area contributed by atoms with Gasteiger partial charge in [0.15, 0.2) is 9.84 Å². The van der Waals surface area contributed by atoms with Gasteiger partial charge in [-0.05, 0) is 6.42 Å². The standard InChI is InChI=1S/C10H17NO5S/c1-7(10(13)14)5-9(12)11(2)8-3-4-17(15,16)6-8/h7-8H,3-6H2,1-2H3,(H,13,14). The Bertz CT molecular complexity index is 416. The molecular formula is C10H17NO5S. The molecule has 1 rings (SSSR count). The molecule has 1 aliphatic rings. The highest BCUT2D eigenvalue weighted by atomic mass is 32.2. The van der Waals surface area contributed by atoms with Crippen LogP contribution < -0.4 is 0 Å². The number of hydrogen-bond donors (Lipinski definition) is 1. The topological polar surface area (TPSA) is 91.8 Å². The van der Waals surface area contributed by atoms with E-state index in [1.165, 1.54) is 18.9 Å². The number of rotatable bonds is 4. The summed E-state index contributed by atoms with van der Waals surface area (Å²) >= 11 is 0. The van der Waals surface area contributed by atoms with Crippen LogP contribution in [0.1, 0.15) is 19.8 Å². The fraction of sp³-hybridized carbons (Fsp3) is 0.800. The van der Waals surface area contributed by atoms with Gasteiger partial charge in [-0.15, -0.1) is 0 Å². The minimum absolute atomic E-state index is 0.0172. The first-order chi connectivity index (χ1) is 7.73. The summed E-state index contributed by atoms with van der Waals surface area (Å²) < 4.78 is 22.5. The zero-order valence-electron chi connectivity index (χ0n) is 9.92. The van der Waals surface area contributed by atoms with Crippen LogP contribution in [0.15, 0.2) is 0 Å². The minimum atomic E-state index is -3.03. The van der Waals surface area contributed by atoms with E-state index in [9.17, 15) is 18.0 Å². The molecule has 1 aliphatic heterocycles. The van der Waals surface area contributed by atoms with Crippen LogP contribution in [0, 0.1) is 5.92 Å². The molecule has 1 heterocycles. The lowest BCUT2D eigenvalue weighted by Crippen LogP contribution is -2.39. The molecule has 0 aromatic rings. The summed E-state index contributed by atoms with van der Waals surface area (Å²) in [5.74, 6) is -2.00. The Morgan fingerprint density at radius 3 is 2.47 bits per heavy atom. The number of amides is 1. The van der Waals surface area contributed by atoms with E-state index in [0.717, 1.165) is 0 Å². The van der Waals surface area contributed by atoms with Gasteiger partial charge in [0.1, 0.15) is 0 Å². The van der Waals surface area contributed by atoms with Gasteiger partial charge in [0.2, 0.25) is 5.91 Å². The molecule has 2 atom stereocenters. The normalized spacial score (nSPS) is 24.2. The number of carboxylic acids is 1. The molecule has 0 aromatic heterocycles. The first kappa shape index (κ1) is 14.0. The molecule has 1 amide bonds. The van der Waals surface area contributed by atoms with Crippen LogP contribution in [0.4, 0.5) is 0 Å². The maximum atomic E-state index is 11.7. The zero-order chi connectivity index (χ0) is 13.2. The van der Waals surface area contributed by atoms with Gasteiger partial charge in [0.25, 0.3) is 0 Å². The zero-order valence-corrected chi connectivity index (χ0v) is 10.7. The number of hydrogen-bond acceptors (Lipinski definition) is 4. The highest BCUT2D eigenvalue weighted by Gasteiger charge is 2.33. The van der Waals surface area contributed by atoms with Crippen LogP contribution in [0.3, 0.4) is 0 Å². The molecule has 1 N–H and O–H groups in total. The van der Waals surface area contributed by atoms with Crippen LogP contribution in [0.2, 0.25) is 0 Å². The number of nitrogens with zero attached hydrogens (tertiary/aromatic N) is 1. The first-order valence-corrected chi connectivity index (χ1v) is 7.24. The third-order valence-electron chi connectivity index (χ3n) is 3.05. The van der Waals surface area contributed by atoms with Gasteiger partial charge in [-0.1, -0.05) is 6.92 Å². The molecule has 98 valence electrons. The van der Waals surface area contributed by atoms with Crippen molar-refractivity contribution in [2.75, 3.05) is 18.6 Å². The second kappa shape index (κ2) is 5.03. The number of aliphatic carboxylic acids is 1. The van der Waals surface area contributed by atoms with Gasteiger partial charge >= 0.3 is 5.97 Å². The van der Waals surface area contributed by atoms with Crippen LogP contribution in [-0.2, 0) is 19.4 Å². The smallest absolute Gasteiger partial charge is 0.306 e. The predicted molar refractivity (Wildman–Crippen MR) is 61.2 cm³/mol. The average Bonchev–Trinajstić information content (AvgIpc) is 2.57. The molecule has 17 heavy (non-hydrogen) atoms. The number of carboxylic acid groups (broad SMARTS) is 1. The fourth-order valence-corrected chi connectivity index (χ4v) is 3.55. The van der Waals surface area contributed by atoms with Crippen LogP contribution in [0.5, 0.6) is 0 Å². The third kappa shape index (κ3) is 3.69. The molecule has 1 fully saturated rings. The second-order valence-electron chi connectivity index (χ2n) is 4.50. The SMILES string of the molecule is CC(CC(=O)N(C)C1CCS(=O)(=O)C1)C(=O)O. The molecular weight excluding hydrogens is 246 g/mol. The Labute approximate surface area is 101 Å². The van der Waals surface area contributed by atoms with Gasteiger partial charge in [-0.3, -0.25) is 9.59 Å². The third-order valence-corrected chi connectivity index (χ3v) is 4.80. The van der Waals surface area contributed by atoms with Crippen molar-refractivity contribution in [3.8, 4) is 0 Å². The van der Waals surface area contributed by atoms with E-state index in [2.05, 4.69) is 0 Å². The lowest BCUT2D eigenvalue weighted by atomic mass is 10.1. The van der Waals surface area contributed by atoms with Crippen LogP contribution in [0.25, 0.3) is 0 Å². The van der Waals surface area contributed by atoms with Crippen LogP contribution in [-0.4, -0.2) is 54.9 Å². The van der Waals surface area contributed by atoms with E-state index in [1.807, 2.05) is 0 Å². The summed E-state index contributed by atoms with van der Waals surface area (Å²) in [6, 6.07) is -0.312. The molecule has 1 saturated heterocycles. The average molecular weight is 263 g/mol. The first-order valence-electron chi connectivity index (χ1n) is 5.42. The van der Waals surface area contributed by atoms with Crippen molar-refractivity contribution in [1.29, 1.82) is 0 Å². The predicted octanol–water partition coefficient (Wildman–Crippen LogP) is -0.257. The molecule has 0 spiro atoms. The molecule has 6 nitrogen and oxygen atoms in total. The highest BCUT2D eigenvalue weighted by molar-refractivity contribution is 7.91. The minimum Gasteiger partial charge on any atom is -0.481 e. The fourth-order valence-electron chi connectivity index (χ4n) is 1.78. The van der Waals surface area contributed by atoms with Gasteiger partial charge in [0, 0.05) is 19.5 Å². The summed E-state index contributed by atoms with van der Waals surface area (Å²) in [6.07, 6.45) is 0.342. The highest BCUT2D eigenvalue weighted by Crippen LogP contribution is 2.18. The number of sulfone groups is 1. The maximum Gasteiger partial charge on any atom is 0.306 e. The van der Waals surface area contributed by atoms with E-state index >= 15 is 0 Å². The Hall–Kier alpha value is -1.11. The summed E-state index contributed by atoms with van der Waals surface area (Å²) in [5.41, 5.74) is 0. The molecule has 0 radical (unpaired) electrons. The summed E-state index contributed by atoms with van der Waals surface area (Å²) in [4.78, 5) is 23.7. The van der Waals surface area contributed by atoms with Crippen molar-refractivity contribution in [1.82, 2.24) is 4.90 Å². The largest absolute Gasteiger partial charge is 0.481 e. The summed E-state index contributed by atoms with van der Waals surface area (Å²) in [7, 11) is -1.50. The van der Waals surface area contributed by atoms with Gasteiger partial charge in [0.05, 0.1) is 17.4 Å². The maximum absolute atomic E-state index is 11.7. The Kier molecular flexibility index (Phi) is 4.13. The van der Waals surface area contributed by atoms with Gasteiger partial charge in [-0.25, -0.2) is 8.42 Å². The van der Waals surface area contributed by atoms with E-state index in [0.29, 0.717) is 6.42 Å².